The standard InChI is InChI=1S/C69H99ClN12O34/c1-7-9-10-11-12-13-14-15-16-19-37(84)26-48(86)74-43-29-107-63(100)51(44(85)28-70)81-61(97)52(53(89)62(98)99)82-54(90)38(8-2)75-60(96)50(33(3)83)80-57(93)41(22-25-73-66(103)110-32-47-36(6)113-69(106)116-47)77-55(91)39(20-17-18-23-71-64(101)108-30-45-34(4)111-67(104)114-45)76-58(94)42(27-49(87)88)79-56(92)40(78-59(43)95)21-24-72-65(102)109-31-46-35(5)112-68(105)115-46/h8,33,37,39-44,50-53,83-85,89H,7,9-32H2,1-6H3,(H,71,101)(H,72,102)(H,73,103)(H,74,86)(H,75,96)(H,76,94)(H,77,91)(H,78,95)(H,79,92)(H,80,93)(H,81,97)(H,82,90)(H,87,88)(H,98,99)/b38-8-/t33-,37+,39+,40-,41+,42+,43+,44-,50+,51+,52+,53+/m1/s1. The van der Waals surface area contributed by atoms with E-state index in [2.05, 4.69) is 54.8 Å². The Kier molecular flexibility index (Phi) is 41.6. The van der Waals surface area contributed by atoms with Crippen molar-refractivity contribution < 1.29 is 148 Å². The summed E-state index contributed by atoms with van der Waals surface area (Å²) >= 11 is 5.94. The molecule has 646 valence electrons. The first-order chi connectivity index (χ1) is 54.9. The number of carbonyl (C=O) groups excluding carboxylic acids is 13. The SMILES string of the molecule is C/C=C1\NC(=O)[C@H]([C@@H](C)O)NC(=O)[C@H](CCNC(=O)OCc2oc(=O)oc2C)NC(=O)[C@H](CCCCNC(=O)OCc2oc(=O)oc2C)NC(=O)[C@H](CC(=O)O)NC(=O)[C@@H](CCNC(=O)OCc2oc(=O)oc2C)NC(=O)[C@@H](NC(=O)C[C@@H](O)CCCCCCCCCCC)COC(=O)[C@H]([C@H](O)CCl)NC(=O)[C@H]([C@H](O)C(=O)O)NC1=O. The number of alkyl halides is 1. The van der Waals surface area contributed by atoms with Gasteiger partial charge >= 0.3 is 53.7 Å². The van der Waals surface area contributed by atoms with Crippen LogP contribution in [0.3, 0.4) is 0 Å². The number of allylic oxidation sites excluding steroid dienone is 1. The maximum absolute atomic E-state index is 14.9. The number of hydrogen-bond donors (Lipinski definition) is 18. The monoisotopic (exact) mass is 1670 g/mol. The number of aliphatic hydroxyl groups is 4. The van der Waals surface area contributed by atoms with E-state index in [9.17, 15) is 117 Å². The highest BCUT2D eigenvalue weighted by Gasteiger charge is 2.41. The summed E-state index contributed by atoms with van der Waals surface area (Å²) in [6, 6.07) is -18.1. The molecule has 1 aliphatic heterocycles. The molecule has 0 bridgehead atoms. The van der Waals surface area contributed by atoms with Gasteiger partial charge in [-0.25, -0.2) is 38.4 Å². The molecule has 12 atom stereocenters. The zero-order chi connectivity index (χ0) is 86.3. The molecule has 1 fully saturated rings. The number of alkyl carbamates (subject to hydrolysis) is 3. The van der Waals surface area contributed by atoms with Crippen molar-refractivity contribution in [3.05, 3.63) is 78.2 Å². The Morgan fingerprint density at radius 3 is 1.41 bits per heavy atom. The van der Waals surface area contributed by atoms with E-state index in [1.54, 1.807) is 0 Å². The van der Waals surface area contributed by atoms with Crippen molar-refractivity contribution in [2.45, 2.75) is 243 Å². The molecule has 0 aromatic carbocycles. The number of carboxylic acids is 2. The minimum Gasteiger partial charge on any atom is -0.481 e. The van der Waals surface area contributed by atoms with E-state index in [0.29, 0.717) is 12.8 Å². The van der Waals surface area contributed by atoms with E-state index in [0.717, 1.165) is 64.9 Å². The number of cyclic esters (lactones) is 1. The number of carboxylic acid groups (broad SMARTS) is 2. The largest absolute Gasteiger partial charge is 0.519 e. The number of carbonyl (C=O) groups is 15. The van der Waals surface area contributed by atoms with Gasteiger partial charge in [0.15, 0.2) is 66.5 Å². The number of ether oxygens (including phenoxy) is 4. The third-order valence-corrected chi connectivity index (χ3v) is 17.5. The first-order valence-electron chi connectivity index (χ1n) is 36.7. The van der Waals surface area contributed by atoms with Gasteiger partial charge in [-0.15, -0.1) is 11.6 Å². The number of halogens is 1. The lowest BCUT2D eigenvalue weighted by atomic mass is 10.0. The number of rotatable bonds is 37. The smallest absolute Gasteiger partial charge is 0.481 e. The minimum atomic E-state index is -2.97. The van der Waals surface area contributed by atoms with Gasteiger partial charge in [0.25, 0.3) is 5.91 Å². The van der Waals surface area contributed by atoms with Crippen molar-refractivity contribution in [3.63, 3.8) is 0 Å². The van der Waals surface area contributed by atoms with Crippen LogP contribution >= 0.6 is 11.6 Å². The van der Waals surface area contributed by atoms with E-state index >= 15 is 0 Å². The van der Waals surface area contributed by atoms with Gasteiger partial charge < -0.3 is 140 Å². The van der Waals surface area contributed by atoms with Crippen molar-refractivity contribution in [3.8, 4) is 0 Å². The molecule has 18 N–H and O–H groups in total. The second-order valence-electron chi connectivity index (χ2n) is 26.3. The molecule has 0 saturated carbocycles. The predicted octanol–water partition coefficient (Wildman–Crippen LogP) is -2.69. The van der Waals surface area contributed by atoms with E-state index < -0.39 is 263 Å². The van der Waals surface area contributed by atoms with Crippen molar-refractivity contribution in [2.75, 3.05) is 32.1 Å². The average Bonchev–Trinajstić information content (AvgIpc) is 1.05. The molecule has 0 spiro atoms. The molecular formula is C69H99ClN12O34. The molecule has 1 saturated heterocycles. The van der Waals surface area contributed by atoms with E-state index in [-0.39, 0.29) is 60.4 Å². The number of nitrogens with one attached hydrogen (secondary N) is 12. The van der Waals surface area contributed by atoms with Crippen LogP contribution in [0.15, 0.2) is 52.7 Å². The molecule has 3 aromatic heterocycles. The molecular weight excluding hydrogens is 1580 g/mol. The van der Waals surface area contributed by atoms with Crippen LogP contribution in [0.2, 0.25) is 0 Å². The highest BCUT2D eigenvalue weighted by Crippen LogP contribution is 2.16. The summed E-state index contributed by atoms with van der Waals surface area (Å²) in [5, 5.41) is 90.2. The first-order valence-corrected chi connectivity index (χ1v) is 37.3. The lowest BCUT2D eigenvalue weighted by molar-refractivity contribution is -0.155. The summed E-state index contributed by atoms with van der Waals surface area (Å²) in [5.74, 6) is -24.3. The van der Waals surface area contributed by atoms with Gasteiger partial charge in [0.1, 0.15) is 54.6 Å². The number of aliphatic hydroxyl groups excluding tert-OH is 4. The number of unbranched alkanes of at least 4 members (excludes halogenated alkanes) is 9. The van der Waals surface area contributed by atoms with Crippen LogP contribution in [0.4, 0.5) is 14.4 Å². The number of aryl methyl sites for hydroxylation is 3. The third kappa shape index (κ3) is 34.2. The topological polar surface area (TPSA) is 689 Å². The Balaban J connectivity index is 1.89. The quantitative estimate of drug-likeness (QED) is 0.00919. The van der Waals surface area contributed by atoms with E-state index in [1.165, 1.54) is 20.8 Å². The molecule has 0 unspecified atom stereocenters. The molecule has 1 aliphatic rings. The highest BCUT2D eigenvalue weighted by atomic mass is 35.5. The average molecular weight is 1680 g/mol. The predicted molar refractivity (Wildman–Crippen MR) is 389 cm³/mol. The number of hydrogen-bond acceptors (Lipinski definition) is 32. The Bertz CT molecular complexity index is 4070. The third-order valence-electron chi connectivity index (χ3n) is 17.2. The van der Waals surface area contributed by atoms with Gasteiger partial charge in [0.05, 0.1) is 37.0 Å². The van der Waals surface area contributed by atoms with Gasteiger partial charge in [-0.3, -0.25) is 47.9 Å². The van der Waals surface area contributed by atoms with Crippen LogP contribution in [0.1, 0.15) is 164 Å². The fourth-order valence-electron chi connectivity index (χ4n) is 10.8. The highest BCUT2D eigenvalue weighted by molar-refractivity contribution is 6.18. The fraction of sp³-hybridized carbons (Fsp3) is 0.623. The maximum Gasteiger partial charge on any atom is 0.519 e. The summed E-state index contributed by atoms with van der Waals surface area (Å²) in [6.45, 7) is 3.06. The van der Waals surface area contributed by atoms with E-state index in [4.69, 9.17) is 57.1 Å². The Morgan fingerprint density at radius 1 is 0.517 bits per heavy atom. The van der Waals surface area contributed by atoms with Crippen molar-refractivity contribution >= 4 is 101 Å². The fourth-order valence-corrected chi connectivity index (χ4v) is 10.9. The molecule has 0 aliphatic carbocycles. The summed E-state index contributed by atoms with van der Waals surface area (Å²) < 4.78 is 49.3. The number of aliphatic carboxylic acids is 2. The number of amides is 12. The molecule has 0 radical (unpaired) electrons. The maximum atomic E-state index is 14.9. The normalized spacial score (nSPS) is 20.6. The summed E-state index contributed by atoms with van der Waals surface area (Å²) in [7, 11) is 0. The van der Waals surface area contributed by atoms with Crippen LogP contribution in [-0.4, -0.2) is 225 Å². The number of esters is 1. The summed E-state index contributed by atoms with van der Waals surface area (Å²) in [5.41, 5.74) is -0.924. The first kappa shape index (κ1) is 96.7. The van der Waals surface area contributed by atoms with Crippen molar-refractivity contribution in [1.82, 2.24) is 63.8 Å². The van der Waals surface area contributed by atoms with Gasteiger partial charge in [-0.05, 0) is 73.1 Å². The van der Waals surface area contributed by atoms with Gasteiger partial charge in [0, 0.05) is 19.6 Å². The second kappa shape index (κ2) is 49.9. The Morgan fingerprint density at radius 2 is 0.957 bits per heavy atom. The van der Waals surface area contributed by atoms with Crippen molar-refractivity contribution in [2.24, 2.45) is 0 Å². The van der Waals surface area contributed by atoms with Crippen LogP contribution in [0.25, 0.3) is 0 Å². The van der Waals surface area contributed by atoms with E-state index in [1.807, 2.05) is 16.0 Å². The molecule has 3 aromatic rings. The molecule has 4 rings (SSSR count). The summed E-state index contributed by atoms with van der Waals surface area (Å²) in [4.78, 5) is 243. The Hall–Kier alpha value is -11.6. The molecule has 12 amide bonds. The molecule has 47 heteroatoms. The molecule has 46 nitrogen and oxygen atoms in total. The Labute approximate surface area is 664 Å². The second-order valence-corrected chi connectivity index (χ2v) is 26.6. The van der Waals surface area contributed by atoms with Gasteiger partial charge in [-0.1, -0.05) is 70.8 Å². The van der Waals surface area contributed by atoms with Gasteiger partial charge in [0.2, 0.25) is 47.3 Å². The van der Waals surface area contributed by atoms with Crippen LogP contribution < -0.4 is 81.3 Å². The lowest BCUT2D eigenvalue weighted by Gasteiger charge is -2.29. The zero-order valence-corrected chi connectivity index (χ0v) is 64.9. The molecule has 116 heavy (non-hydrogen) atoms. The summed E-state index contributed by atoms with van der Waals surface area (Å²) in [6.07, 6.45) is -7.76. The molecule has 4 heterocycles. The van der Waals surface area contributed by atoms with Crippen molar-refractivity contribution in [1.29, 1.82) is 0 Å². The lowest BCUT2D eigenvalue weighted by Crippen LogP contribution is -2.62. The van der Waals surface area contributed by atoms with Gasteiger partial charge in [-0.2, -0.15) is 0 Å². The van der Waals surface area contributed by atoms with Crippen LogP contribution in [-0.2, 0) is 96.3 Å². The van der Waals surface area contributed by atoms with Crippen LogP contribution in [0, 0.1) is 20.8 Å². The minimum absolute atomic E-state index is 0.00229. The van der Waals surface area contributed by atoms with Crippen LogP contribution in [0.5, 0.6) is 0 Å². The zero-order valence-electron chi connectivity index (χ0n) is 64.2.